The Morgan fingerprint density at radius 2 is 2.00 bits per heavy atom. The van der Waals surface area contributed by atoms with E-state index >= 15 is 0 Å². The first kappa shape index (κ1) is 16.0. The SMILES string of the molecule is CC(C)CCOC(C)C(=O)N1CCCC[C@@H]1C(=O)O. The van der Waals surface area contributed by atoms with Crippen molar-refractivity contribution in [3.63, 3.8) is 0 Å². The molecule has 0 spiro atoms. The smallest absolute Gasteiger partial charge is 0.326 e. The number of likely N-dealkylation sites (tertiary alicyclic amines) is 1. The van der Waals surface area contributed by atoms with Gasteiger partial charge in [-0.3, -0.25) is 4.79 Å². The van der Waals surface area contributed by atoms with Crippen LogP contribution in [0.15, 0.2) is 0 Å². The van der Waals surface area contributed by atoms with Gasteiger partial charge in [-0.2, -0.15) is 0 Å². The van der Waals surface area contributed by atoms with E-state index in [4.69, 9.17) is 9.84 Å². The second-order valence-corrected chi connectivity index (χ2v) is 5.58. The Hall–Kier alpha value is -1.10. The highest BCUT2D eigenvalue weighted by Gasteiger charge is 2.34. The van der Waals surface area contributed by atoms with E-state index in [0.717, 1.165) is 19.3 Å². The fraction of sp³-hybridized carbons (Fsp3) is 0.857. The lowest BCUT2D eigenvalue weighted by Gasteiger charge is -2.34. The molecule has 0 saturated carbocycles. The zero-order valence-corrected chi connectivity index (χ0v) is 12.1. The van der Waals surface area contributed by atoms with Gasteiger partial charge in [0.1, 0.15) is 12.1 Å². The highest BCUT2D eigenvalue weighted by Crippen LogP contribution is 2.19. The molecular weight excluding hydrogens is 246 g/mol. The molecule has 0 aromatic heterocycles. The van der Waals surface area contributed by atoms with Crippen molar-refractivity contribution in [1.29, 1.82) is 0 Å². The van der Waals surface area contributed by atoms with Crippen molar-refractivity contribution in [2.75, 3.05) is 13.2 Å². The van der Waals surface area contributed by atoms with Gasteiger partial charge >= 0.3 is 5.97 Å². The minimum atomic E-state index is -0.914. The number of carbonyl (C=O) groups is 2. The minimum absolute atomic E-state index is 0.198. The molecule has 1 saturated heterocycles. The van der Waals surface area contributed by atoms with Crippen molar-refractivity contribution in [3.8, 4) is 0 Å². The number of rotatable bonds is 6. The molecule has 110 valence electrons. The minimum Gasteiger partial charge on any atom is -0.480 e. The summed E-state index contributed by atoms with van der Waals surface area (Å²) < 4.78 is 5.51. The summed E-state index contributed by atoms with van der Waals surface area (Å²) in [4.78, 5) is 24.9. The molecule has 5 nitrogen and oxygen atoms in total. The molecule has 0 aliphatic carbocycles. The monoisotopic (exact) mass is 271 g/mol. The van der Waals surface area contributed by atoms with Crippen LogP contribution in [-0.4, -0.2) is 47.2 Å². The predicted octanol–water partition coefficient (Wildman–Crippen LogP) is 1.90. The highest BCUT2D eigenvalue weighted by atomic mass is 16.5. The highest BCUT2D eigenvalue weighted by molar-refractivity contribution is 5.86. The van der Waals surface area contributed by atoms with Gasteiger partial charge in [0.15, 0.2) is 0 Å². The zero-order chi connectivity index (χ0) is 14.4. The summed E-state index contributed by atoms with van der Waals surface area (Å²) in [6, 6.07) is -0.683. The molecule has 1 N–H and O–H groups in total. The summed E-state index contributed by atoms with van der Waals surface area (Å²) in [5, 5.41) is 9.15. The van der Waals surface area contributed by atoms with Crippen molar-refractivity contribution >= 4 is 11.9 Å². The average Bonchev–Trinajstić information content (AvgIpc) is 2.37. The number of aliphatic carboxylic acids is 1. The first-order valence-corrected chi connectivity index (χ1v) is 7.08. The topological polar surface area (TPSA) is 66.8 Å². The van der Waals surface area contributed by atoms with Gasteiger partial charge in [0.2, 0.25) is 0 Å². The van der Waals surface area contributed by atoms with E-state index in [-0.39, 0.29) is 5.91 Å². The molecule has 1 fully saturated rings. The third-order valence-corrected chi connectivity index (χ3v) is 3.48. The number of hydrogen-bond acceptors (Lipinski definition) is 3. The van der Waals surface area contributed by atoms with Gasteiger partial charge in [0.05, 0.1) is 0 Å². The first-order valence-electron chi connectivity index (χ1n) is 7.08. The van der Waals surface area contributed by atoms with Crippen LogP contribution in [0, 0.1) is 5.92 Å². The number of carboxylic acids is 1. The summed E-state index contributed by atoms with van der Waals surface area (Å²) >= 11 is 0. The van der Waals surface area contributed by atoms with Gasteiger partial charge in [-0.25, -0.2) is 4.79 Å². The van der Waals surface area contributed by atoms with Crippen molar-refractivity contribution in [1.82, 2.24) is 4.90 Å². The normalized spacial score (nSPS) is 21.5. The molecule has 19 heavy (non-hydrogen) atoms. The van der Waals surface area contributed by atoms with E-state index < -0.39 is 18.1 Å². The van der Waals surface area contributed by atoms with Crippen LogP contribution in [0.4, 0.5) is 0 Å². The quantitative estimate of drug-likeness (QED) is 0.801. The van der Waals surface area contributed by atoms with E-state index in [1.807, 2.05) is 0 Å². The lowest BCUT2D eigenvalue weighted by atomic mass is 10.0. The Labute approximate surface area is 114 Å². The van der Waals surface area contributed by atoms with E-state index in [9.17, 15) is 9.59 Å². The molecule has 0 radical (unpaired) electrons. The van der Waals surface area contributed by atoms with E-state index in [2.05, 4.69) is 13.8 Å². The van der Waals surface area contributed by atoms with Crippen LogP contribution in [0.25, 0.3) is 0 Å². The Morgan fingerprint density at radius 3 is 2.58 bits per heavy atom. The van der Waals surface area contributed by atoms with Gasteiger partial charge in [0, 0.05) is 13.2 Å². The molecule has 2 atom stereocenters. The molecule has 1 heterocycles. The Morgan fingerprint density at radius 1 is 1.32 bits per heavy atom. The largest absolute Gasteiger partial charge is 0.480 e. The van der Waals surface area contributed by atoms with Gasteiger partial charge < -0.3 is 14.7 Å². The fourth-order valence-electron chi connectivity index (χ4n) is 2.24. The molecule has 1 rings (SSSR count). The average molecular weight is 271 g/mol. The predicted molar refractivity (Wildman–Crippen MR) is 71.9 cm³/mol. The summed E-state index contributed by atoms with van der Waals surface area (Å²) in [6.07, 6.45) is 2.62. The summed E-state index contributed by atoms with van der Waals surface area (Å²) in [7, 11) is 0. The van der Waals surface area contributed by atoms with Gasteiger partial charge in [-0.1, -0.05) is 13.8 Å². The van der Waals surface area contributed by atoms with Gasteiger partial charge in [-0.15, -0.1) is 0 Å². The van der Waals surface area contributed by atoms with Crippen LogP contribution in [0.5, 0.6) is 0 Å². The van der Waals surface area contributed by atoms with Crippen LogP contribution >= 0.6 is 0 Å². The van der Waals surface area contributed by atoms with E-state index in [1.54, 1.807) is 6.92 Å². The first-order chi connectivity index (χ1) is 8.93. The third kappa shape index (κ3) is 4.82. The van der Waals surface area contributed by atoms with Crippen LogP contribution < -0.4 is 0 Å². The van der Waals surface area contributed by atoms with Crippen molar-refractivity contribution < 1.29 is 19.4 Å². The van der Waals surface area contributed by atoms with Crippen molar-refractivity contribution in [2.24, 2.45) is 5.92 Å². The van der Waals surface area contributed by atoms with E-state index in [0.29, 0.717) is 25.5 Å². The van der Waals surface area contributed by atoms with Crippen molar-refractivity contribution in [3.05, 3.63) is 0 Å². The molecular formula is C14H25NO4. The molecule has 1 aliphatic heterocycles. The summed E-state index contributed by atoms with van der Waals surface area (Å²) in [5.74, 6) is -0.581. The number of carbonyl (C=O) groups excluding carboxylic acids is 1. The number of hydrogen-bond donors (Lipinski definition) is 1. The summed E-state index contributed by atoms with van der Waals surface area (Å²) in [6.45, 7) is 6.96. The van der Waals surface area contributed by atoms with Gasteiger partial charge in [-0.05, 0) is 38.5 Å². The number of piperidine rings is 1. The molecule has 1 amide bonds. The second-order valence-electron chi connectivity index (χ2n) is 5.58. The third-order valence-electron chi connectivity index (χ3n) is 3.48. The standard InChI is InChI=1S/C14H25NO4/c1-10(2)7-9-19-11(3)13(16)15-8-5-4-6-12(15)14(17)18/h10-12H,4-9H2,1-3H3,(H,17,18)/t11?,12-/m1/s1. The lowest BCUT2D eigenvalue weighted by Crippen LogP contribution is -2.51. The molecule has 0 bridgehead atoms. The molecule has 1 aliphatic rings. The van der Waals surface area contributed by atoms with Crippen LogP contribution in [0.2, 0.25) is 0 Å². The van der Waals surface area contributed by atoms with E-state index in [1.165, 1.54) is 4.90 Å². The van der Waals surface area contributed by atoms with Crippen LogP contribution in [0.3, 0.4) is 0 Å². The number of nitrogens with zero attached hydrogens (tertiary/aromatic N) is 1. The number of carboxylic acid groups (broad SMARTS) is 1. The molecule has 0 aromatic carbocycles. The fourth-order valence-corrected chi connectivity index (χ4v) is 2.24. The number of ether oxygens (including phenoxy) is 1. The van der Waals surface area contributed by atoms with Crippen molar-refractivity contribution in [2.45, 2.75) is 58.6 Å². The molecule has 5 heteroatoms. The zero-order valence-electron chi connectivity index (χ0n) is 12.1. The maximum atomic E-state index is 12.2. The lowest BCUT2D eigenvalue weighted by molar-refractivity contribution is -0.157. The Kier molecular flexibility index (Phi) is 6.28. The molecule has 0 aromatic rings. The van der Waals surface area contributed by atoms with Crippen LogP contribution in [-0.2, 0) is 14.3 Å². The van der Waals surface area contributed by atoms with Gasteiger partial charge in [0.25, 0.3) is 5.91 Å². The number of amides is 1. The maximum Gasteiger partial charge on any atom is 0.326 e. The summed E-state index contributed by atoms with van der Waals surface area (Å²) in [5.41, 5.74) is 0. The Bertz CT molecular complexity index is 317. The molecule has 1 unspecified atom stereocenters. The second kappa shape index (κ2) is 7.48. The maximum absolute atomic E-state index is 12.2. The Balaban J connectivity index is 2.51. The van der Waals surface area contributed by atoms with Crippen LogP contribution in [0.1, 0.15) is 46.5 Å².